The van der Waals surface area contributed by atoms with Crippen LogP contribution in [0.5, 0.6) is 0 Å². The summed E-state index contributed by atoms with van der Waals surface area (Å²) in [6.07, 6.45) is 4.39. The molecule has 2 nitrogen and oxygen atoms in total. The second-order valence-corrected chi connectivity index (χ2v) is 14.1. The van der Waals surface area contributed by atoms with E-state index >= 15 is 0 Å². The normalized spacial score (nSPS) is 11.2. The van der Waals surface area contributed by atoms with Gasteiger partial charge in [0.25, 0.3) is 0 Å². The molecule has 0 saturated carbocycles. The van der Waals surface area contributed by atoms with Gasteiger partial charge in [-0.3, -0.25) is 0 Å². The van der Waals surface area contributed by atoms with Gasteiger partial charge in [-0.1, -0.05) is 161 Å². The summed E-state index contributed by atoms with van der Waals surface area (Å²) in [7, 11) is 0. The third-order valence-electron chi connectivity index (χ3n) is 10.9. The topological polar surface area (TPSA) is 16.4 Å². The molecule has 0 atom stereocenters. The molecule has 0 unspecified atom stereocenters. The molecule has 0 radical (unpaired) electrons. The average Bonchev–Trinajstić information content (AvgIpc) is 3.68. The molecule has 0 bridgehead atoms. The van der Waals surface area contributed by atoms with Crippen molar-refractivity contribution in [3.05, 3.63) is 193 Å². The highest BCUT2D eigenvalue weighted by Crippen LogP contribution is 2.45. The van der Waals surface area contributed by atoms with Crippen LogP contribution in [0.3, 0.4) is 0 Å². The highest BCUT2D eigenvalue weighted by molar-refractivity contribution is 6.15. The molecule has 1 heterocycles. The zero-order chi connectivity index (χ0) is 40.2. The summed E-state index contributed by atoms with van der Waals surface area (Å²) in [6, 6.07) is 63.6. The Hall–Kier alpha value is -6.90. The minimum absolute atomic E-state index is 0.868. The number of anilines is 3. The Morgan fingerprint density at radius 1 is 0.448 bits per heavy atom. The number of rotatable bonds is 6. The molecule has 0 N–H and O–H groups in total. The molecule has 1 aromatic heterocycles. The predicted octanol–water partition coefficient (Wildman–Crippen LogP) is 17.2. The molecule has 0 aliphatic heterocycles. The van der Waals surface area contributed by atoms with Crippen molar-refractivity contribution in [2.45, 2.75) is 41.5 Å². The van der Waals surface area contributed by atoms with Crippen molar-refractivity contribution in [2.24, 2.45) is 0 Å². The molecule has 10 rings (SSSR count). The number of allylic oxidation sites excluding steroid dienone is 1. The second kappa shape index (κ2) is 16.7. The first-order valence-corrected chi connectivity index (χ1v) is 20.6. The van der Waals surface area contributed by atoms with Crippen LogP contribution in [0, 0.1) is 6.92 Å². The molecule has 0 aliphatic carbocycles. The quantitative estimate of drug-likeness (QED) is 0.157. The molecular weight excluding hydrogens is 703 g/mol. The fourth-order valence-electron chi connectivity index (χ4n) is 8.45. The van der Waals surface area contributed by atoms with Crippen LogP contribution in [-0.4, -0.2) is 0 Å². The number of fused-ring (bicyclic) bond motifs is 7. The zero-order valence-electron chi connectivity index (χ0n) is 34.3. The lowest BCUT2D eigenvalue weighted by Gasteiger charge is -2.27. The van der Waals surface area contributed by atoms with E-state index in [1.165, 1.54) is 65.7 Å². The van der Waals surface area contributed by atoms with E-state index in [0.717, 1.165) is 39.0 Å². The van der Waals surface area contributed by atoms with Crippen molar-refractivity contribution < 1.29 is 4.42 Å². The van der Waals surface area contributed by atoms with Gasteiger partial charge in [0.2, 0.25) is 0 Å². The Kier molecular flexibility index (Phi) is 10.9. The SMILES string of the molecule is C/C=C\c1c(-c2cccc(N(c3cccc(-c4cc5ccccc5c5ccccc45)c3)c3cccc4oc5ccccc5c34)c2)cc2ccccc2c1C.CC.CC. The van der Waals surface area contributed by atoms with Crippen molar-refractivity contribution in [1.29, 1.82) is 0 Å². The summed E-state index contributed by atoms with van der Waals surface area (Å²) >= 11 is 0. The Bertz CT molecular complexity index is 3090. The fourth-order valence-corrected chi connectivity index (χ4v) is 8.45. The maximum absolute atomic E-state index is 6.45. The van der Waals surface area contributed by atoms with Crippen LogP contribution < -0.4 is 4.90 Å². The molecule has 0 fully saturated rings. The van der Waals surface area contributed by atoms with Crippen molar-refractivity contribution in [1.82, 2.24) is 0 Å². The van der Waals surface area contributed by atoms with Crippen LogP contribution in [0.15, 0.2) is 186 Å². The Balaban J connectivity index is 0.00000114. The Labute approximate surface area is 342 Å². The van der Waals surface area contributed by atoms with Crippen LogP contribution >= 0.6 is 0 Å². The smallest absolute Gasteiger partial charge is 0.137 e. The van der Waals surface area contributed by atoms with Gasteiger partial charge in [-0.05, 0) is 134 Å². The molecule has 9 aromatic carbocycles. The van der Waals surface area contributed by atoms with Gasteiger partial charge >= 0.3 is 0 Å². The predicted molar refractivity (Wildman–Crippen MR) is 254 cm³/mol. The van der Waals surface area contributed by atoms with Crippen LogP contribution in [0.4, 0.5) is 17.1 Å². The molecule has 58 heavy (non-hydrogen) atoms. The summed E-state index contributed by atoms with van der Waals surface area (Å²) in [5.41, 5.74) is 12.3. The van der Waals surface area contributed by atoms with E-state index in [1.807, 2.05) is 33.8 Å². The largest absolute Gasteiger partial charge is 0.456 e. The third kappa shape index (κ3) is 6.71. The maximum Gasteiger partial charge on any atom is 0.137 e. The first kappa shape index (κ1) is 38.0. The Morgan fingerprint density at radius 2 is 0.966 bits per heavy atom. The lowest BCUT2D eigenvalue weighted by Crippen LogP contribution is -2.10. The summed E-state index contributed by atoms with van der Waals surface area (Å²) in [5.74, 6) is 0. The molecule has 0 aliphatic rings. The zero-order valence-corrected chi connectivity index (χ0v) is 34.3. The van der Waals surface area contributed by atoms with Crippen LogP contribution in [0.1, 0.15) is 45.7 Å². The van der Waals surface area contributed by atoms with Gasteiger partial charge in [0.05, 0.1) is 11.1 Å². The average molecular weight is 752 g/mol. The first-order chi connectivity index (χ1) is 28.7. The summed E-state index contributed by atoms with van der Waals surface area (Å²) in [6.45, 7) is 12.3. The van der Waals surface area contributed by atoms with Crippen molar-refractivity contribution in [3.8, 4) is 22.3 Å². The number of hydrogen-bond acceptors (Lipinski definition) is 2. The van der Waals surface area contributed by atoms with Gasteiger partial charge in [0, 0.05) is 16.8 Å². The van der Waals surface area contributed by atoms with E-state index in [4.69, 9.17) is 4.42 Å². The second-order valence-electron chi connectivity index (χ2n) is 14.1. The minimum Gasteiger partial charge on any atom is -0.456 e. The van der Waals surface area contributed by atoms with Crippen LogP contribution in [0.2, 0.25) is 0 Å². The van der Waals surface area contributed by atoms with E-state index in [9.17, 15) is 0 Å². The molecule has 0 amide bonds. The van der Waals surface area contributed by atoms with Gasteiger partial charge in [-0.2, -0.15) is 0 Å². The first-order valence-electron chi connectivity index (χ1n) is 20.6. The number of furan rings is 1. The van der Waals surface area contributed by atoms with E-state index in [0.29, 0.717) is 0 Å². The highest BCUT2D eigenvalue weighted by atomic mass is 16.3. The molecule has 284 valence electrons. The van der Waals surface area contributed by atoms with Crippen LogP contribution in [0.25, 0.3) is 82.6 Å². The van der Waals surface area contributed by atoms with Gasteiger partial charge in [-0.25, -0.2) is 0 Å². The summed E-state index contributed by atoms with van der Waals surface area (Å²) in [4.78, 5) is 2.41. The molecular formula is C56H49NO. The third-order valence-corrected chi connectivity index (χ3v) is 10.9. The van der Waals surface area contributed by atoms with Gasteiger partial charge in [-0.15, -0.1) is 0 Å². The van der Waals surface area contributed by atoms with Gasteiger partial charge < -0.3 is 9.32 Å². The molecule has 0 spiro atoms. The maximum atomic E-state index is 6.45. The van der Waals surface area contributed by atoms with Crippen molar-refractivity contribution >= 4 is 77.4 Å². The van der Waals surface area contributed by atoms with E-state index in [2.05, 4.69) is 201 Å². The van der Waals surface area contributed by atoms with E-state index < -0.39 is 0 Å². The monoisotopic (exact) mass is 751 g/mol. The number of hydrogen-bond donors (Lipinski definition) is 0. The number of para-hydroxylation sites is 1. The number of nitrogens with zero attached hydrogens (tertiary/aromatic N) is 1. The lowest BCUT2D eigenvalue weighted by atomic mass is 9.90. The minimum atomic E-state index is 0.868. The van der Waals surface area contributed by atoms with E-state index in [-0.39, 0.29) is 0 Å². The number of benzene rings is 9. The summed E-state index contributed by atoms with van der Waals surface area (Å²) < 4.78 is 6.45. The van der Waals surface area contributed by atoms with Gasteiger partial charge in [0.15, 0.2) is 0 Å². The lowest BCUT2D eigenvalue weighted by molar-refractivity contribution is 0.669. The molecule has 2 heteroatoms. The fraction of sp³-hybridized carbons (Fsp3) is 0.107. The standard InChI is InChI=1S/C52H37NO.2C2H6/c1-3-15-42-34(2)41-22-6-4-16-37(41)32-47(42)35-18-12-20-39(30-35)53(49-27-14-29-51-52(49)46-26-10-11-28-50(46)54-51)40-21-13-19-36(31-40)48-33-38-17-5-7-23-43(38)44-24-8-9-25-45(44)48;2*1-2/h3-33H,1-2H3;2*1-2H3/b15-3-;;. The van der Waals surface area contributed by atoms with Gasteiger partial charge in [0.1, 0.15) is 11.2 Å². The molecule has 10 aromatic rings. The Morgan fingerprint density at radius 3 is 1.66 bits per heavy atom. The van der Waals surface area contributed by atoms with E-state index in [1.54, 1.807) is 0 Å². The molecule has 0 saturated heterocycles. The highest BCUT2D eigenvalue weighted by Gasteiger charge is 2.21. The summed E-state index contributed by atoms with van der Waals surface area (Å²) in [5, 5.41) is 9.72. The number of aryl methyl sites for hydroxylation is 1. The van der Waals surface area contributed by atoms with Crippen molar-refractivity contribution in [2.75, 3.05) is 4.90 Å². The van der Waals surface area contributed by atoms with Crippen molar-refractivity contribution in [3.63, 3.8) is 0 Å². The van der Waals surface area contributed by atoms with Crippen LogP contribution in [-0.2, 0) is 0 Å².